The van der Waals surface area contributed by atoms with Crippen LogP contribution in [0, 0.1) is 5.92 Å². The first-order valence-corrected chi connectivity index (χ1v) is 7.91. The van der Waals surface area contributed by atoms with Crippen LogP contribution < -0.4 is 0 Å². The number of halogens is 1. The maximum Gasteiger partial charge on any atom is 0.272 e. The molecule has 0 saturated carbocycles. The Balaban J connectivity index is 1.85. The van der Waals surface area contributed by atoms with E-state index in [4.69, 9.17) is 11.6 Å². The van der Waals surface area contributed by atoms with Crippen LogP contribution in [0.1, 0.15) is 36.7 Å². The molecule has 1 aliphatic heterocycles. The molecule has 21 heavy (non-hydrogen) atoms. The molecule has 1 aliphatic rings. The van der Waals surface area contributed by atoms with Gasteiger partial charge >= 0.3 is 0 Å². The van der Waals surface area contributed by atoms with Gasteiger partial charge in [0.15, 0.2) is 0 Å². The molecule has 3 nitrogen and oxygen atoms in total. The van der Waals surface area contributed by atoms with E-state index in [0.717, 1.165) is 30.3 Å². The quantitative estimate of drug-likeness (QED) is 0.798. The van der Waals surface area contributed by atoms with Crippen molar-refractivity contribution in [1.29, 1.82) is 0 Å². The summed E-state index contributed by atoms with van der Waals surface area (Å²) in [5.74, 6) is 0.635. The summed E-state index contributed by atoms with van der Waals surface area (Å²) in [7, 11) is 0. The highest BCUT2D eigenvalue weighted by molar-refractivity contribution is 6.34. The number of nitrogens with zero attached hydrogens (tertiary/aromatic N) is 2. The number of carbonyl (C=O) groups excluding carboxylic acids is 1. The molecule has 1 aromatic carbocycles. The Morgan fingerprint density at radius 1 is 1.43 bits per heavy atom. The van der Waals surface area contributed by atoms with Crippen molar-refractivity contribution >= 4 is 28.3 Å². The summed E-state index contributed by atoms with van der Waals surface area (Å²) in [4.78, 5) is 18.8. The van der Waals surface area contributed by atoms with Gasteiger partial charge in [-0.05, 0) is 30.2 Å². The lowest BCUT2D eigenvalue weighted by molar-refractivity contribution is 0.0781. The minimum Gasteiger partial charge on any atom is -0.337 e. The van der Waals surface area contributed by atoms with Gasteiger partial charge in [0, 0.05) is 18.5 Å². The highest BCUT2D eigenvalue weighted by atomic mass is 35.5. The van der Waals surface area contributed by atoms with E-state index in [1.807, 2.05) is 35.2 Å². The van der Waals surface area contributed by atoms with Crippen molar-refractivity contribution in [2.24, 2.45) is 5.92 Å². The predicted octanol–water partition coefficient (Wildman–Crippen LogP) is 4.15. The molecule has 0 spiro atoms. The van der Waals surface area contributed by atoms with Crippen LogP contribution in [0.2, 0.25) is 5.15 Å². The molecule has 1 aromatic heterocycles. The van der Waals surface area contributed by atoms with Crippen molar-refractivity contribution in [3.8, 4) is 0 Å². The zero-order valence-corrected chi connectivity index (χ0v) is 12.9. The minimum atomic E-state index is 0.00116. The summed E-state index contributed by atoms with van der Waals surface area (Å²) in [6, 6.07) is 9.60. The molecule has 0 radical (unpaired) electrons. The summed E-state index contributed by atoms with van der Waals surface area (Å²) in [5, 5.41) is 2.26. The molecule has 1 saturated heterocycles. The van der Waals surface area contributed by atoms with Crippen LogP contribution in [0.5, 0.6) is 0 Å². The second-order valence-corrected chi connectivity index (χ2v) is 6.07. The highest BCUT2D eigenvalue weighted by Crippen LogP contribution is 2.25. The molecule has 4 heteroatoms. The van der Waals surface area contributed by atoms with Crippen LogP contribution in [0.4, 0.5) is 0 Å². The fraction of sp³-hybridized carbons (Fsp3) is 0.412. The van der Waals surface area contributed by atoms with E-state index in [0.29, 0.717) is 16.8 Å². The number of amides is 1. The lowest BCUT2D eigenvalue weighted by Crippen LogP contribution is -2.29. The van der Waals surface area contributed by atoms with Crippen LogP contribution in [-0.2, 0) is 0 Å². The molecule has 2 heterocycles. The van der Waals surface area contributed by atoms with Gasteiger partial charge < -0.3 is 4.90 Å². The van der Waals surface area contributed by atoms with Gasteiger partial charge in [-0.1, -0.05) is 49.2 Å². The third kappa shape index (κ3) is 2.88. The third-order valence-electron chi connectivity index (χ3n) is 4.18. The summed E-state index contributed by atoms with van der Waals surface area (Å²) < 4.78 is 0. The van der Waals surface area contributed by atoms with E-state index in [1.165, 1.54) is 12.8 Å². The second-order valence-electron chi connectivity index (χ2n) is 5.71. The molecule has 0 aliphatic carbocycles. The summed E-state index contributed by atoms with van der Waals surface area (Å²) in [6.45, 7) is 3.86. The highest BCUT2D eigenvalue weighted by Gasteiger charge is 2.27. The molecular formula is C17H19ClN2O. The number of carbonyl (C=O) groups is 1. The van der Waals surface area contributed by atoms with Crippen molar-refractivity contribution in [3.05, 3.63) is 41.2 Å². The SMILES string of the molecule is CCCC1CCN(C(=O)c2cc3ccccc3c(Cl)n2)C1. The van der Waals surface area contributed by atoms with Gasteiger partial charge in [0.1, 0.15) is 10.8 Å². The zero-order valence-electron chi connectivity index (χ0n) is 12.2. The summed E-state index contributed by atoms with van der Waals surface area (Å²) in [5.41, 5.74) is 0.454. The Kier molecular flexibility index (Phi) is 4.11. The average molecular weight is 303 g/mol. The van der Waals surface area contributed by atoms with Gasteiger partial charge in [0.05, 0.1) is 0 Å². The van der Waals surface area contributed by atoms with Gasteiger partial charge in [-0.2, -0.15) is 0 Å². The third-order valence-corrected chi connectivity index (χ3v) is 4.47. The van der Waals surface area contributed by atoms with Crippen LogP contribution in [0.3, 0.4) is 0 Å². The van der Waals surface area contributed by atoms with Crippen LogP contribution in [0.15, 0.2) is 30.3 Å². The Bertz CT molecular complexity index is 671. The Hall–Kier alpha value is -1.61. The average Bonchev–Trinajstić information content (AvgIpc) is 2.95. The van der Waals surface area contributed by atoms with Crippen molar-refractivity contribution in [2.45, 2.75) is 26.2 Å². The molecule has 1 atom stereocenters. The van der Waals surface area contributed by atoms with Gasteiger partial charge in [-0.25, -0.2) is 4.98 Å². The normalized spacial score (nSPS) is 18.4. The van der Waals surface area contributed by atoms with Crippen molar-refractivity contribution in [2.75, 3.05) is 13.1 Å². The van der Waals surface area contributed by atoms with Gasteiger partial charge in [-0.15, -0.1) is 0 Å². The molecule has 2 aromatic rings. The first-order valence-electron chi connectivity index (χ1n) is 7.53. The van der Waals surface area contributed by atoms with E-state index < -0.39 is 0 Å². The zero-order chi connectivity index (χ0) is 14.8. The van der Waals surface area contributed by atoms with Crippen LogP contribution in [0.25, 0.3) is 10.8 Å². The number of hydrogen-bond donors (Lipinski definition) is 0. The lowest BCUT2D eigenvalue weighted by atomic mass is 10.0. The number of likely N-dealkylation sites (tertiary alicyclic amines) is 1. The Labute approximate surface area is 129 Å². The van der Waals surface area contributed by atoms with Crippen LogP contribution >= 0.6 is 11.6 Å². The lowest BCUT2D eigenvalue weighted by Gasteiger charge is -2.16. The Morgan fingerprint density at radius 2 is 2.24 bits per heavy atom. The molecule has 110 valence electrons. The van der Waals surface area contributed by atoms with Gasteiger partial charge in [-0.3, -0.25) is 4.79 Å². The molecule has 1 amide bonds. The number of benzene rings is 1. The fourth-order valence-electron chi connectivity index (χ4n) is 3.09. The number of aromatic nitrogens is 1. The van der Waals surface area contributed by atoms with Crippen molar-refractivity contribution in [1.82, 2.24) is 9.88 Å². The van der Waals surface area contributed by atoms with E-state index >= 15 is 0 Å². The van der Waals surface area contributed by atoms with E-state index in [1.54, 1.807) is 0 Å². The molecular weight excluding hydrogens is 284 g/mol. The smallest absolute Gasteiger partial charge is 0.272 e. The second kappa shape index (κ2) is 6.02. The molecule has 1 fully saturated rings. The molecule has 3 rings (SSSR count). The van der Waals surface area contributed by atoms with Crippen LogP contribution in [-0.4, -0.2) is 28.9 Å². The topological polar surface area (TPSA) is 33.2 Å². The van der Waals surface area contributed by atoms with E-state index in [9.17, 15) is 4.79 Å². The maximum atomic E-state index is 12.6. The van der Waals surface area contributed by atoms with E-state index in [-0.39, 0.29) is 5.91 Å². The minimum absolute atomic E-state index is 0.00116. The number of pyridine rings is 1. The van der Waals surface area contributed by atoms with Crippen molar-refractivity contribution in [3.63, 3.8) is 0 Å². The van der Waals surface area contributed by atoms with Crippen molar-refractivity contribution < 1.29 is 4.79 Å². The van der Waals surface area contributed by atoms with E-state index in [2.05, 4.69) is 11.9 Å². The monoisotopic (exact) mass is 302 g/mol. The molecule has 0 N–H and O–H groups in total. The van der Waals surface area contributed by atoms with Gasteiger partial charge in [0.2, 0.25) is 0 Å². The predicted molar refractivity (Wildman–Crippen MR) is 85.7 cm³/mol. The largest absolute Gasteiger partial charge is 0.337 e. The first-order chi connectivity index (χ1) is 10.2. The van der Waals surface area contributed by atoms with Gasteiger partial charge in [0.25, 0.3) is 5.91 Å². The fourth-order valence-corrected chi connectivity index (χ4v) is 3.35. The number of hydrogen-bond acceptors (Lipinski definition) is 2. The molecule has 1 unspecified atom stereocenters. The number of rotatable bonds is 3. The Morgan fingerprint density at radius 3 is 3.05 bits per heavy atom. The first kappa shape index (κ1) is 14.3. The summed E-state index contributed by atoms with van der Waals surface area (Å²) >= 11 is 6.21. The maximum absolute atomic E-state index is 12.6. The number of fused-ring (bicyclic) bond motifs is 1. The standard InChI is InChI=1S/C17H19ClN2O/c1-2-5-12-8-9-20(11-12)17(21)15-10-13-6-3-4-7-14(13)16(18)19-15/h3-4,6-7,10,12H,2,5,8-9,11H2,1H3. The summed E-state index contributed by atoms with van der Waals surface area (Å²) in [6.07, 6.45) is 3.46. The molecule has 0 bridgehead atoms.